The Morgan fingerprint density at radius 2 is 1.91 bits per heavy atom. The van der Waals surface area contributed by atoms with E-state index in [1.807, 2.05) is 55.5 Å². The summed E-state index contributed by atoms with van der Waals surface area (Å²) in [6.07, 6.45) is 1.70. The standard InChI is InChI=1S/C26H19ClN2O4S/c1-14(30)22-23-17-8-4-6-10-20(17)33-26(22,2)28-25-29(23)24(31)21(34-25)13-15-11-12-19(32-15)16-7-3-5-9-18(16)27/h3-13,22-23H,1-2H3/b21-13-. The fraction of sp³-hybridized carbons (Fsp3) is 0.192. The number of nitrogens with zero attached hydrogens (tertiary/aromatic N) is 2. The molecule has 0 radical (unpaired) electrons. The number of carbonyl (C=O) groups excluding carboxylic acids is 1. The van der Waals surface area contributed by atoms with Gasteiger partial charge < -0.3 is 9.15 Å². The first-order valence-corrected chi connectivity index (χ1v) is 12.0. The SMILES string of the molecule is CC(=O)C1C2c3ccccc3OC1(C)N=c1s/c(=C\c3ccc(-c4ccccc4Cl)o3)c(=O)n12. The molecule has 2 aromatic heterocycles. The van der Waals surface area contributed by atoms with Crippen LogP contribution in [0.3, 0.4) is 0 Å². The molecule has 6 rings (SSSR count). The van der Waals surface area contributed by atoms with Crippen LogP contribution >= 0.6 is 22.9 Å². The van der Waals surface area contributed by atoms with Gasteiger partial charge in [0.1, 0.15) is 29.0 Å². The number of para-hydroxylation sites is 1. The summed E-state index contributed by atoms with van der Waals surface area (Å²) in [6.45, 7) is 3.33. The van der Waals surface area contributed by atoms with Gasteiger partial charge in [-0.25, -0.2) is 4.99 Å². The summed E-state index contributed by atoms with van der Waals surface area (Å²) in [4.78, 5) is 31.6. The van der Waals surface area contributed by atoms with Crippen LogP contribution in [0.5, 0.6) is 5.75 Å². The molecule has 2 aromatic carbocycles. The monoisotopic (exact) mass is 490 g/mol. The quantitative estimate of drug-likeness (QED) is 0.431. The number of hydrogen-bond donors (Lipinski definition) is 0. The number of ether oxygens (including phenoxy) is 1. The maximum absolute atomic E-state index is 13.6. The molecular formula is C26H19ClN2O4S. The molecule has 0 saturated heterocycles. The van der Waals surface area contributed by atoms with E-state index in [1.165, 1.54) is 18.3 Å². The molecular weight excluding hydrogens is 472 g/mol. The first kappa shape index (κ1) is 21.1. The van der Waals surface area contributed by atoms with E-state index in [-0.39, 0.29) is 11.3 Å². The molecule has 2 bridgehead atoms. The van der Waals surface area contributed by atoms with Crippen LogP contribution in [-0.2, 0) is 4.79 Å². The summed E-state index contributed by atoms with van der Waals surface area (Å²) in [5.41, 5.74) is 0.290. The molecule has 2 aliphatic heterocycles. The van der Waals surface area contributed by atoms with Crippen molar-refractivity contribution < 1.29 is 13.9 Å². The van der Waals surface area contributed by atoms with Crippen molar-refractivity contribution in [3.63, 3.8) is 0 Å². The Balaban J connectivity index is 1.53. The van der Waals surface area contributed by atoms with Gasteiger partial charge in [-0.15, -0.1) is 0 Å². The molecule has 4 aromatic rings. The van der Waals surface area contributed by atoms with Crippen molar-refractivity contribution in [2.24, 2.45) is 10.9 Å². The van der Waals surface area contributed by atoms with Gasteiger partial charge in [-0.2, -0.15) is 0 Å². The van der Waals surface area contributed by atoms with Crippen LogP contribution in [0.25, 0.3) is 17.4 Å². The highest BCUT2D eigenvalue weighted by Crippen LogP contribution is 2.47. The normalized spacial score (nSPS) is 23.0. The molecule has 3 atom stereocenters. The van der Waals surface area contributed by atoms with Crippen LogP contribution in [0.1, 0.15) is 31.2 Å². The number of halogens is 1. The van der Waals surface area contributed by atoms with E-state index in [1.54, 1.807) is 22.8 Å². The van der Waals surface area contributed by atoms with Crippen molar-refractivity contribution in [1.29, 1.82) is 0 Å². The van der Waals surface area contributed by atoms with Gasteiger partial charge in [0, 0.05) is 17.2 Å². The van der Waals surface area contributed by atoms with Gasteiger partial charge in [-0.3, -0.25) is 14.2 Å². The first-order chi connectivity index (χ1) is 16.4. The molecule has 170 valence electrons. The van der Waals surface area contributed by atoms with Gasteiger partial charge in [0.05, 0.1) is 15.6 Å². The second-order valence-corrected chi connectivity index (χ2v) is 10.0. The zero-order valence-electron chi connectivity index (χ0n) is 18.3. The lowest BCUT2D eigenvalue weighted by Crippen LogP contribution is -2.58. The van der Waals surface area contributed by atoms with Gasteiger partial charge in [0.2, 0.25) is 5.72 Å². The fourth-order valence-corrected chi connectivity index (χ4v) is 6.23. The molecule has 0 spiro atoms. The van der Waals surface area contributed by atoms with Crippen LogP contribution in [0.4, 0.5) is 0 Å². The predicted octanol–water partition coefficient (Wildman–Crippen LogP) is 4.19. The number of thiazole rings is 1. The number of furan rings is 1. The van der Waals surface area contributed by atoms with Crippen molar-refractivity contribution in [2.45, 2.75) is 25.6 Å². The highest BCUT2D eigenvalue weighted by molar-refractivity contribution is 7.07. The molecule has 0 amide bonds. The van der Waals surface area contributed by atoms with E-state index in [4.69, 9.17) is 25.7 Å². The maximum Gasteiger partial charge on any atom is 0.271 e. The minimum absolute atomic E-state index is 0.0737. The third-order valence-corrected chi connectivity index (χ3v) is 7.67. The number of rotatable bonds is 3. The Hall–Kier alpha value is -3.42. The summed E-state index contributed by atoms with van der Waals surface area (Å²) >= 11 is 7.55. The molecule has 4 heterocycles. The Kier molecular flexibility index (Phi) is 4.69. The smallest absolute Gasteiger partial charge is 0.271 e. The molecule has 0 saturated carbocycles. The lowest BCUT2D eigenvalue weighted by molar-refractivity contribution is -0.132. The lowest BCUT2D eigenvalue weighted by atomic mass is 9.79. The van der Waals surface area contributed by atoms with E-state index >= 15 is 0 Å². The van der Waals surface area contributed by atoms with E-state index in [9.17, 15) is 9.59 Å². The number of aromatic nitrogens is 1. The van der Waals surface area contributed by atoms with Gasteiger partial charge in [0.15, 0.2) is 4.80 Å². The molecule has 8 heteroatoms. The Bertz CT molecular complexity index is 1650. The zero-order valence-corrected chi connectivity index (χ0v) is 19.9. The maximum atomic E-state index is 13.6. The van der Waals surface area contributed by atoms with Crippen molar-refractivity contribution in [1.82, 2.24) is 4.57 Å². The Labute approximate surface area is 203 Å². The first-order valence-electron chi connectivity index (χ1n) is 10.8. The van der Waals surface area contributed by atoms with Crippen LogP contribution in [0.2, 0.25) is 5.02 Å². The lowest BCUT2D eigenvalue weighted by Gasteiger charge is -2.45. The number of Topliss-reactive ketones (excluding diaryl/α,β-unsaturated/α-hetero) is 1. The average Bonchev–Trinajstić information content (AvgIpc) is 3.37. The number of benzene rings is 2. The highest BCUT2D eigenvalue weighted by Gasteiger charge is 2.53. The number of carbonyl (C=O) groups is 1. The Morgan fingerprint density at radius 1 is 1.15 bits per heavy atom. The minimum Gasteiger partial charge on any atom is -0.465 e. The topological polar surface area (TPSA) is 73.8 Å². The summed E-state index contributed by atoms with van der Waals surface area (Å²) in [5.74, 6) is 1.10. The third-order valence-electron chi connectivity index (χ3n) is 6.36. The number of hydrogen-bond acceptors (Lipinski definition) is 6. The van der Waals surface area contributed by atoms with Crippen molar-refractivity contribution >= 4 is 34.8 Å². The second kappa shape index (κ2) is 7.55. The van der Waals surface area contributed by atoms with Crippen LogP contribution in [-0.4, -0.2) is 16.1 Å². The number of fused-ring (bicyclic) bond motifs is 6. The van der Waals surface area contributed by atoms with Gasteiger partial charge in [-0.05, 0) is 44.2 Å². The van der Waals surface area contributed by atoms with Gasteiger partial charge in [0.25, 0.3) is 5.56 Å². The zero-order chi connectivity index (χ0) is 23.6. The number of ketones is 1. The van der Waals surface area contributed by atoms with E-state index in [2.05, 4.69) is 0 Å². The second-order valence-electron chi connectivity index (χ2n) is 8.59. The van der Waals surface area contributed by atoms with E-state index in [0.29, 0.717) is 31.6 Å². The molecule has 2 aliphatic rings. The summed E-state index contributed by atoms with van der Waals surface area (Å²) in [7, 11) is 0. The van der Waals surface area contributed by atoms with E-state index < -0.39 is 17.7 Å². The van der Waals surface area contributed by atoms with Gasteiger partial charge >= 0.3 is 0 Å². The summed E-state index contributed by atoms with van der Waals surface area (Å²) in [6, 6.07) is 18.1. The predicted molar refractivity (Wildman–Crippen MR) is 130 cm³/mol. The van der Waals surface area contributed by atoms with Crippen molar-refractivity contribution in [2.75, 3.05) is 0 Å². The highest BCUT2D eigenvalue weighted by atomic mass is 35.5. The molecule has 0 fully saturated rings. The molecule has 34 heavy (non-hydrogen) atoms. The Morgan fingerprint density at radius 3 is 2.71 bits per heavy atom. The average molecular weight is 491 g/mol. The third kappa shape index (κ3) is 3.11. The molecule has 0 N–H and O–H groups in total. The molecule has 6 nitrogen and oxygen atoms in total. The minimum atomic E-state index is -1.08. The van der Waals surface area contributed by atoms with Crippen LogP contribution in [0.15, 0.2) is 74.9 Å². The van der Waals surface area contributed by atoms with Crippen LogP contribution in [0, 0.1) is 5.92 Å². The largest absolute Gasteiger partial charge is 0.465 e. The van der Waals surface area contributed by atoms with Gasteiger partial charge in [-0.1, -0.05) is 53.3 Å². The molecule has 3 unspecified atom stereocenters. The van der Waals surface area contributed by atoms with E-state index in [0.717, 1.165) is 11.1 Å². The van der Waals surface area contributed by atoms with Crippen molar-refractivity contribution in [3.8, 4) is 17.1 Å². The molecule has 0 aliphatic carbocycles. The van der Waals surface area contributed by atoms with Crippen molar-refractivity contribution in [3.05, 3.63) is 96.7 Å². The van der Waals surface area contributed by atoms with Crippen LogP contribution < -0.4 is 19.6 Å². The fourth-order valence-electron chi connectivity index (χ4n) is 4.92. The summed E-state index contributed by atoms with van der Waals surface area (Å²) in [5, 5.41) is 0.586. The summed E-state index contributed by atoms with van der Waals surface area (Å²) < 4.78 is 14.3.